The lowest BCUT2D eigenvalue weighted by atomic mass is 10.0. The van der Waals surface area contributed by atoms with E-state index >= 15 is 0 Å². The molecule has 2 aromatic carbocycles. The average Bonchev–Trinajstić information content (AvgIpc) is 2.93. The van der Waals surface area contributed by atoms with Gasteiger partial charge in [0.25, 0.3) is 0 Å². The molecule has 1 aromatic heterocycles. The number of unbranched alkanes of at least 4 members (excludes halogenated alkanes) is 1. The Labute approximate surface area is 215 Å². The zero-order valence-electron chi connectivity index (χ0n) is 22.0. The van der Waals surface area contributed by atoms with Gasteiger partial charge in [-0.05, 0) is 73.2 Å². The summed E-state index contributed by atoms with van der Waals surface area (Å²) in [5.41, 5.74) is 5.75. The average molecular weight is 490 g/mol. The van der Waals surface area contributed by atoms with E-state index in [1.165, 1.54) is 36.1 Å². The van der Waals surface area contributed by atoms with E-state index in [-0.39, 0.29) is 0 Å². The lowest BCUT2D eigenvalue weighted by Gasteiger charge is -2.33. The van der Waals surface area contributed by atoms with Crippen LogP contribution in [-0.4, -0.2) is 50.3 Å². The minimum absolute atomic E-state index is 0.523. The number of nitrogens with one attached hydrogen (secondary N) is 1. The molecular formula is C30H39N3O3. The Morgan fingerprint density at radius 1 is 0.889 bits per heavy atom. The van der Waals surface area contributed by atoms with Gasteiger partial charge in [-0.2, -0.15) is 0 Å². The standard InChI is InChI=1S/C30H39N3O3/c1-5-6-7-22-8-10-25(11-9-22)32-26-13-16-33(17-14-26)21-23-12-15-31-27(18-23)24-19-28(34-2)30(36-4)29(20-24)35-3/h8-12,15,18-20,26,32H,5-7,13-14,16-17,21H2,1-4H3. The predicted molar refractivity (Wildman–Crippen MR) is 146 cm³/mol. The van der Waals surface area contributed by atoms with Gasteiger partial charge in [-0.15, -0.1) is 0 Å². The van der Waals surface area contributed by atoms with E-state index in [4.69, 9.17) is 14.2 Å². The molecule has 0 aliphatic carbocycles. The Morgan fingerprint density at radius 3 is 2.19 bits per heavy atom. The second kappa shape index (κ2) is 12.6. The Balaban J connectivity index is 1.34. The fraction of sp³-hybridized carbons (Fsp3) is 0.433. The number of pyridine rings is 1. The first kappa shape index (κ1) is 25.8. The summed E-state index contributed by atoms with van der Waals surface area (Å²) >= 11 is 0. The molecule has 1 aliphatic heterocycles. The highest BCUT2D eigenvalue weighted by Crippen LogP contribution is 2.40. The molecule has 4 rings (SSSR count). The largest absolute Gasteiger partial charge is 0.493 e. The Morgan fingerprint density at radius 2 is 1.58 bits per heavy atom. The minimum Gasteiger partial charge on any atom is -0.493 e. The van der Waals surface area contributed by atoms with Gasteiger partial charge in [-0.1, -0.05) is 25.5 Å². The van der Waals surface area contributed by atoms with Gasteiger partial charge in [0.1, 0.15) is 0 Å². The van der Waals surface area contributed by atoms with Crippen LogP contribution in [0.5, 0.6) is 17.2 Å². The number of benzene rings is 2. The molecule has 6 nitrogen and oxygen atoms in total. The van der Waals surface area contributed by atoms with Crippen LogP contribution < -0.4 is 19.5 Å². The summed E-state index contributed by atoms with van der Waals surface area (Å²) < 4.78 is 16.5. The number of methoxy groups -OCH3 is 3. The quantitative estimate of drug-likeness (QED) is 0.346. The van der Waals surface area contributed by atoms with Crippen molar-refractivity contribution in [2.45, 2.75) is 51.6 Å². The second-order valence-electron chi connectivity index (χ2n) is 9.46. The van der Waals surface area contributed by atoms with Crippen LogP contribution in [0.3, 0.4) is 0 Å². The maximum absolute atomic E-state index is 5.52. The zero-order chi connectivity index (χ0) is 25.3. The van der Waals surface area contributed by atoms with Crippen LogP contribution in [0.15, 0.2) is 54.7 Å². The Hall–Kier alpha value is -3.25. The lowest BCUT2D eigenvalue weighted by molar-refractivity contribution is 0.211. The third kappa shape index (κ3) is 6.49. The van der Waals surface area contributed by atoms with Gasteiger partial charge in [0, 0.05) is 43.1 Å². The van der Waals surface area contributed by atoms with Crippen molar-refractivity contribution in [2.24, 2.45) is 0 Å². The number of nitrogens with zero attached hydrogens (tertiary/aromatic N) is 2. The summed E-state index contributed by atoms with van der Waals surface area (Å²) in [6.07, 6.45) is 7.83. The van der Waals surface area contributed by atoms with E-state index in [1.807, 2.05) is 18.3 Å². The van der Waals surface area contributed by atoms with Crippen molar-refractivity contribution in [3.63, 3.8) is 0 Å². The van der Waals surface area contributed by atoms with Crippen molar-refractivity contribution in [1.29, 1.82) is 0 Å². The summed E-state index contributed by atoms with van der Waals surface area (Å²) in [5.74, 6) is 1.84. The van der Waals surface area contributed by atoms with E-state index in [2.05, 4.69) is 58.5 Å². The minimum atomic E-state index is 0.523. The van der Waals surface area contributed by atoms with Crippen molar-refractivity contribution in [2.75, 3.05) is 39.7 Å². The molecule has 1 saturated heterocycles. The summed E-state index contributed by atoms with van der Waals surface area (Å²) in [5, 5.41) is 3.74. The third-order valence-electron chi connectivity index (χ3n) is 6.92. The molecule has 0 spiro atoms. The molecule has 0 unspecified atom stereocenters. The van der Waals surface area contributed by atoms with Crippen molar-refractivity contribution < 1.29 is 14.2 Å². The van der Waals surface area contributed by atoms with Crippen LogP contribution in [0.25, 0.3) is 11.3 Å². The number of ether oxygens (including phenoxy) is 3. The number of piperidine rings is 1. The predicted octanol–water partition coefficient (Wildman–Crippen LogP) is 6.19. The van der Waals surface area contributed by atoms with E-state index in [9.17, 15) is 0 Å². The number of aromatic nitrogens is 1. The van der Waals surface area contributed by atoms with Crippen LogP contribution in [-0.2, 0) is 13.0 Å². The molecule has 192 valence electrons. The van der Waals surface area contributed by atoms with Crippen molar-refractivity contribution in [1.82, 2.24) is 9.88 Å². The fourth-order valence-electron chi connectivity index (χ4n) is 4.84. The first-order chi connectivity index (χ1) is 17.6. The summed E-state index contributed by atoms with van der Waals surface area (Å²) in [6, 6.07) is 17.7. The number of anilines is 1. The molecule has 0 atom stereocenters. The summed E-state index contributed by atoms with van der Waals surface area (Å²) in [6.45, 7) is 5.31. The summed E-state index contributed by atoms with van der Waals surface area (Å²) in [7, 11) is 4.87. The van der Waals surface area contributed by atoms with Crippen molar-refractivity contribution in [3.8, 4) is 28.5 Å². The van der Waals surface area contributed by atoms with Gasteiger partial charge in [-0.25, -0.2) is 0 Å². The Bertz CT molecular complexity index is 1080. The van der Waals surface area contributed by atoms with E-state index in [0.717, 1.165) is 43.7 Å². The molecule has 36 heavy (non-hydrogen) atoms. The second-order valence-corrected chi connectivity index (χ2v) is 9.46. The van der Waals surface area contributed by atoms with Crippen LogP contribution in [0.2, 0.25) is 0 Å². The zero-order valence-corrected chi connectivity index (χ0v) is 22.0. The van der Waals surface area contributed by atoms with E-state index < -0.39 is 0 Å². The molecule has 0 amide bonds. The van der Waals surface area contributed by atoms with E-state index in [1.54, 1.807) is 21.3 Å². The smallest absolute Gasteiger partial charge is 0.203 e. The maximum Gasteiger partial charge on any atom is 0.203 e. The molecule has 2 heterocycles. The monoisotopic (exact) mass is 489 g/mol. The highest BCUT2D eigenvalue weighted by atomic mass is 16.5. The summed E-state index contributed by atoms with van der Waals surface area (Å²) in [4.78, 5) is 7.14. The molecule has 1 aliphatic rings. The number of rotatable bonds is 11. The molecule has 3 aromatic rings. The number of hydrogen-bond acceptors (Lipinski definition) is 6. The topological polar surface area (TPSA) is 55.9 Å². The highest BCUT2D eigenvalue weighted by molar-refractivity contribution is 5.69. The lowest BCUT2D eigenvalue weighted by Crippen LogP contribution is -2.38. The van der Waals surface area contributed by atoms with Gasteiger partial charge < -0.3 is 19.5 Å². The first-order valence-electron chi connectivity index (χ1n) is 13.0. The van der Waals surface area contributed by atoms with Gasteiger partial charge in [0.2, 0.25) is 5.75 Å². The van der Waals surface area contributed by atoms with Crippen LogP contribution >= 0.6 is 0 Å². The van der Waals surface area contributed by atoms with Gasteiger partial charge >= 0.3 is 0 Å². The van der Waals surface area contributed by atoms with Crippen LogP contribution in [0.1, 0.15) is 43.7 Å². The molecule has 0 radical (unpaired) electrons. The number of aryl methyl sites for hydroxylation is 1. The fourth-order valence-corrected chi connectivity index (χ4v) is 4.84. The molecule has 0 bridgehead atoms. The SMILES string of the molecule is CCCCc1ccc(NC2CCN(Cc3ccnc(-c4cc(OC)c(OC)c(OC)c4)c3)CC2)cc1. The third-order valence-corrected chi connectivity index (χ3v) is 6.92. The van der Waals surface area contributed by atoms with Crippen molar-refractivity contribution in [3.05, 3.63) is 65.9 Å². The maximum atomic E-state index is 5.52. The number of hydrogen-bond donors (Lipinski definition) is 1. The van der Waals surface area contributed by atoms with Crippen molar-refractivity contribution >= 4 is 5.69 Å². The number of likely N-dealkylation sites (tertiary alicyclic amines) is 1. The first-order valence-corrected chi connectivity index (χ1v) is 13.0. The Kier molecular flexibility index (Phi) is 9.06. The molecule has 1 N–H and O–H groups in total. The normalized spacial score (nSPS) is 14.4. The van der Waals surface area contributed by atoms with Crippen LogP contribution in [0.4, 0.5) is 5.69 Å². The van der Waals surface area contributed by atoms with Gasteiger partial charge in [-0.3, -0.25) is 9.88 Å². The van der Waals surface area contributed by atoms with Gasteiger partial charge in [0.05, 0.1) is 27.0 Å². The molecule has 6 heteroatoms. The van der Waals surface area contributed by atoms with Crippen LogP contribution in [0, 0.1) is 0 Å². The molecule has 0 saturated carbocycles. The molecular weight excluding hydrogens is 450 g/mol. The van der Waals surface area contributed by atoms with E-state index in [0.29, 0.717) is 23.3 Å². The highest BCUT2D eigenvalue weighted by Gasteiger charge is 2.20. The molecule has 1 fully saturated rings. The van der Waals surface area contributed by atoms with Gasteiger partial charge in [0.15, 0.2) is 11.5 Å².